The molecular weight excluding hydrogens is 462 g/mol. The second-order valence-corrected chi connectivity index (χ2v) is 9.22. The molecule has 3 aromatic rings. The number of ether oxygens (including phenoxy) is 2. The number of carbonyl (C=O) groups is 1. The van der Waals surface area contributed by atoms with Crippen molar-refractivity contribution < 1.29 is 14.3 Å². The zero-order chi connectivity index (χ0) is 23.2. The molecule has 1 fully saturated rings. The van der Waals surface area contributed by atoms with Crippen LogP contribution in [0.25, 0.3) is 10.9 Å². The molecule has 1 aliphatic heterocycles. The SMILES string of the molecule is COc1ccc(CCNC(=O)CSc2nc3cc(Cl)ccc3c(=O)n2CC2CCCO2)cc1. The van der Waals surface area contributed by atoms with E-state index >= 15 is 0 Å². The van der Waals surface area contributed by atoms with E-state index in [1.165, 1.54) is 11.8 Å². The molecule has 33 heavy (non-hydrogen) atoms. The summed E-state index contributed by atoms with van der Waals surface area (Å²) >= 11 is 7.36. The maximum absolute atomic E-state index is 13.2. The maximum Gasteiger partial charge on any atom is 0.262 e. The van der Waals surface area contributed by atoms with Crippen molar-refractivity contribution in [3.8, 4) is 5.75 Å². The summed E-state index contributed by atoms with van der Waals surface area (Å²) in [5, 5.41) is 4.45. The summed E-state index contributed by atoms with van der Waals surface area (Å²) in [5.74, 6) is 0.849. The minimum atomic E-state index is -0.144. The van der Waals surface area contributed by atoms with E-state index in [0.29, 0.717) is 40.8 Å². The van der Waals surface area contributed by atoms with Gasteiger partial charge < -0.3 is 14.8 Å². The lowest BCUT2D eigenvalue weighted by Crippen LogP contribution is -2.30. The van der Waals surface area contributed by atoms with Crippen molar-refractivity contribution in [2.45, 2.75) is 37.1 Å². The van der Waals surface area contributed by atoms with E-state index in [4.69, 9.17) is 21.1 Å². The van der Waals surface area contributed by atoms with E-state index in [-0.39, 0.29) is 23.3 Å². The lowest BCUT2D eigenvalue weighted by Gasteiger charge is -2.16. The van der Waals surface area contributed by atoms with Crippen molar-refractivity contribution in [2.24, 2.45) is 0 Å². The highest BCUT2D eigenvalue weighted by molar-refractivity contribution is 7.99. The molecule has 1 N–H and O–H groups in total. The molecule has 0 bridgehead atoms. The summed E-state index contributed by atoms with van der Waals surface area (Å²) < 4.78 is 12.5. The number of rotatable bonds is 9. The fraction of sp³-hybridized carbons (Fsp3) is 0.375. The van der Waals surface area contributed by atoms with Gasteiger partial charge in [-0.15, -0.1) is 0 Å². The van der Waals surface area contributed by atoms with Gasteiger partial charge in [-0.05, 0) is 55.2 Å². The second kappa shape index (κ2) is 11.0. The summed E-state index contributed by atoms with van der Waals surface area (Å²) in [6.07, 6.45) is 2.58. The topological polar surface area (TPSA) is 82.5 Å². The molecule has 1 unspecified atom stereocenters. The van der Waals surface area contributed by atoms with Crippen molar-refractivity contribution in [3.63, 3.8) is 0 Å². The number of thioether (sulfide) groups is 1. The molecular formula is C24H26ClN3O4S. The zero-order valence-corrected chi connectivity index (χ0v) is 20.0. The Labute approximate surface area is 201 Å². The number of benzene rings is 2. The third kappa shape index (κ3) is 6.07. The maximum atomic E-state index is 13.2. The van der Waals surface area contributed by atoms with Crippen molar-refractivity contribution in [3.05, 3.63) is 63.4 Å². The van der Waals surface area contributed by atoms with Gasteiger partial charge in [-0.1, -0.05) is 35.5 Å². The molecule has 1 aliphatic rings. The number of aromatic nitrogens is 2. The zero-order valence-electron chi connectivity index (χ0n) is 18.4. The third-order valence-electron chi connectivity index (χ3n) is 5.52. The quantitative estimate of drug-likeness (QED) is 0.366. The molecule has 2 heterocycles. The molecule has 7 nitrogen and oxygen atoms in total. The highest BCUT2D eigenvalue weighted by atomic mass is 35.5. The lowest BCUT2D eigenvalue weighted by molar-refractivity contribution is -0.118. The molecule has 0 aliphatic carbocycles. The Bertz CT molecular complexity index is 1180. The van der Waals surface area contributed by atoms with Crippen LogP contribution in [0.2, 0.25) is 5.02 Å². The Morgan fingerprint density at radius 2 is 2.12 bits per heavy atom. The van der Waals surface area contributed by atoms with E-state index < -0.39 is 0 Å². The van der Waals surface area contributed by atoms with Gasteiger partial charge in [0.2, 0.25) is 5.91 Å². The number of nitrogens with one attached hydrogen (secondary N) is 1. The minimum absolute atomic E-state index is 0.0214. The first-order chi connectivity index (χ1) is 16.0. The van der Waals surface area contributed by atoms with Crippen LogP contribution >= 0.6 is 23.4 Å². The largest absolute Gasteiger partial charge is 0.497 e. The Morgan fingerprint density at radius 3 is 2.85 bits per heavy atom. The first-order valence-electron chi connectivity index (χ1n) is 10.9. The molecule has 2 aromatic carbocycles. The molecule has 1 amide bonds. The molecule has 0 saturated carbocycles. The van der Waals surface area contributed by atoms with Gasteiger partial charge in [0.25, 0.3) is 5.56 Å². The average Bonchev–Trinajstić information content (AvgIpc) is 3.33. The highest BCUT2D eigenvalue weighted by Gasteiger charge is 2.21. The second-order valence-electron chi connectivity index (χ2n) is 7.84. The smallest absolute Gasteiger partial charge is 0.262 e. The lowest BCUT2D eigenvalue weighted by atomic mass is 10.1. The molecule has 4 rings (SSSR count). The number of methoxy groups -OCH3 is 1. The molecule has 174 valence electrons. The van der Waals surface area contributed by atoms with Crippen LogP contribution in [0.15, 0.2) is 52.4 Å². The van der Waals surface area contributed by atoms with E-state index in [1.807, 2.05) is 24.3 Å². The summed E-state index contributed by atoms with van der Waals surface area (Å²) in [6.45, 7) is 1.65. The van der Waals surface area contributed by atoms with Crippen LogP contribution in [-0.2, 0) is 22.5 Å². The highest BCUT2D eigenvalue weighted by Crippen LogP contribution is 2.22. The first kappa shape index (κ1) is 23.6. The normalized spacial score (nSPS) is 15.6. The monoisotopic (exact) mass is 487 g/mol. The van der Waals surface area contributed by atoms with Gasteiger partial charge in [0, 0.05) is 18.2 Å². The molecule has 1 saturated heterocycles. The van der Waals surface area contributed by atoms with Crippen LogP contribution in [0.4, 0.5) is 0 Å². The molecule has 1 aromatic heterocycles. The van der Waals surface area contributed by atoms with Crippen molar-refractivity contribution in [1.82, 2.24) is 14.9 Å². The Hall–Kier alpha value is -2.55. The van der Waals surface area contributed by atoms with Crippen LogP contribution in [-0.4, -0.2) is 47.6 Å². The standard InChI is InChI=1S/C24H26ClN3O4S/c1-31-18-7-4-16(5-8-18)10-11-26-22(29)15-33-24-27-21-13-17(25)6-9-20(21)23(30)28(24)14-19-3-2-12-32-19/h4-9,13,19H,2-3,10-12,14-15H2,1H3,(H,26,29). The van der Waals surface area contributed by atoms with E-state index in [2.05, 4.69) is 10.3 Å². The molecule has 0 spiro atoms. The number of carbonyl (C=O) groups excluding carboxylic acids is 1. The average molecular weight is 488 g/mol. The Morgan fingerprint density at radius 1 is 1.30 bits per heavy atom. The summed E-state index contributed by atoms with van der Waals surface area (Å²) in [4.78, 5) is 30.3. The van der Waals surface area contributed by atoms with Crippen LogP contribution in [0.1, 0.15) is 18.4 Å². The molecule has 0 radical (unpaired) electrons. The van der Waals surface area contributed by atoms with Crippen LogP contribution in [0, 0.1) is 0 Å². The van der Waals surface area contributed by atoms with Gasteiger partial charge in [-0.2, -0.15) is 0 Å². The van der Waals surface area contributed by atoms with Crippen molar-refractivity contribution >= 4 is 40.2 Å². The summed E-state index contributed by atoms with van der Waals surface area (Å²) in [5.41, 5.74) is 1.50. The van der Waals surface area contributed by atoms with Crippen molar-refractivity contribution in [1.29, 1.82) is 0 Å². The minimum Gasteiger partial charge on any atom is -0.497 e. The Kier molecular flexibility index (Phi) is 7.90. The Balaban J connectivity index is 1.42. The summed E-state index contributed by atoms with van der Waals surface area (Å²) in [7, 11) is 1.63. The number of halogens is 1. The van der Waals surface area contributed by atoms with Crippen LogP contribution in [0.5, 0.6) is 5.75 Å². The van der Waals surface area contributed by atoms with Gasteiger partial charge >= 0.3 is 0 Å². The van der Waals surface area contributed by atoms with Gasteiger partial charge in [-0.3, -0.25) is 14.2 Å². The predicted molar refractivity (Wildman–Crippen MR) is 130 cm³/mol. The van der Waals surface area contributed by atoms with E-state index in [1.54, 1.807) is 29.9 Å². The predicted octanol–water partition coefficient (Wildman–Crippen LogP) is 3.69. The van der Waals surface area contributed by atoms with Gasteiger partial charge in [-0.25, -0.2) is 4.98 Å². The number of nitrogens with zero attached hydrogens (tertiary/aromatic N) is 2. The number of fused-ring (bicyclic) bond motifs is 1. The fourth-order valence-electron chi connectivity index (χ4n) is 3.76. The summed E-state index contributed by atoms with van der Waals surface area (Å²) in [6, 6.07) is 12.8. The number of amides is 1. The number of hydrogen-bond donors (Lipinski definition) is 1. The van der Waals surface area contributed by atoms with Gasteiger partial charge in [0.05, 0.1) is 36.4 Å². The number of hydrogen-bond acceptors (Lipinski definition) is 6. The van der Waals surface area contributed by atoms with Crippen LogP contribution in [0.3, 0.4) is 0 Å². The molecule has 1 atom stereocenters. The van der Waals surface area contributed by atoms with Gasteiger partial charge in [0.15, 0.2) is 5.16 Å². The van der Waals surface area contributed by atoms with Gasteiger partial charge in [0.1, 0.15) is 5.75 Å². The first-order valence-corrected chi connectivity index (χ1v) is 12.2. The van der Waals surface area contributed by atoms with Crippen LogP contribution < -0.4 is 15.6 Å². The van der Waals surface area contributed by atoms with Crippen molar-refractivity contribution in [2.75, 3.05) is 26.0 Å². The fourth-order valence-corrected chi connectivity index (χ4v) is 4.76. The van der Waals surface area contributed by atoms with E-state index in [0.717, 1.165) is 30.6 Å². The molecule has 9 heteroatoms. The van der Waals surface area contributed by atoms with E-state index in [9.17, 15) is 9.59 Å². The third-order valence-corrected chi connectivity index (χ3v) is 6.73.